The third-order valence-corrected chi connectivity index (χ3v) is 4.97. The maximum absolute atomic E-state index is 6.49. The highest BCUT2D eigenvalue weighted by molar-refractivity contribution is 6.33. The molecule has 0 aromatic heterocycles. The fraction of sp³-hybridized carbons (Fsp3) is 0.278. The second-order valence-corrected chi connectivity index (χ2v) is 6.71. The minimum absolute atomic E-state index is 0.748. The first kappa shape index (κ1) is 15.0. The molecule has 3 aliphatic rings. The van der Waals surface area contributed by atoms with Crippen molar-refractivity contribution in [3.05, 3.63) is 62.8 Å². The molecule has 0 saturated carbocycles. The van der Waals surface area contributed by atoms with Gasteiger partial charge in [0.15, 0.2) is 0 Å². The van der Waals surface area contributed by atoms with Gasteiger partial charge in [0.05, 0.1) is 5.70 Å². The van der Waals surface area contributed by atoms with Gasteiger partial charge in [-0.3, -0.25) is 0 Å². The molecule has 0 bridgehead atoms. The molecular weight excluding hydrogens is 329 g/mol. The van der Waals surface area contributed by atoms with E-state index in [1.165, 1.54) is 0 Å². The Bertz CT molecular complexity index is 768. The number of hydrogen-bond acceptors (Lipinski definition) is 3. The molecule has 4 rings (SSSR count). The van der Waals surface area contributed by atoms with Gasteiger partial charge in [0, 0.05) is 47.4 Å². The van der Waals surface area contributed by atoms with Crippen LogP contribution in [0.25, 0.3) is 6.08 Å². The van der Waals surface area contributed by atoms with Crippen molar-refractivity contribution in [1.29, 1.82) is 0 Å². The monoisotopic (exact) mass is 345 g/mol. The fourth-order valence-corrected chi connectivity index (χ4v) is 3.59. The van der Waals surface area contributed by atoms with Gasteiger partial charge in [-0.15, -0.1) is 0 Å². The lowest BCUT2D eigenvalue weighted by atomic mass is 9.99. The van der Waals surface area contributed by atoms with Crippen LogP contribution < -0.4 is 5.32 Å². The highest BCUT2D eigenvalue weighted by atomic mass is 35.5. The molecule has 1 saturated heterocycles. The molecule has 0 spiro atoms. The molecule has 0 amide bonds. The van der Waals surface area contributed by atoms with Gasteiger partial charge in [-0.25, -0.2) is 4.99 Å². The summed E-state index contributed by atoms with van der Waals surface area (Å²) < 4.78 is 0. The van der Waals surface area contributed by atoms with Crippen LogP contribution in [0.3, 0.4) is 0 Å². The summed E-state index contributed by atoms with van der Waals surface area (Å²) in [5.41, 5.74) is 4.25. The Morgan fingerprint density at radius 2 is 1.91 bits per heavy atom. The van der Waals surface area contributed by atoms with Crippen LogP contribution in [0.2, 0.25) is 5.02 Å². The summed E-state index contributed by atoms with van der Waals surface area (Å²) in [5, 5.41) is 4.90. The fourth-order valence-electron chi connectivity index (χ4n) is 3.18. The largest absolute Gasteiger partial charge is 0.354 e. The van der Waals surface area contributed by atoms with Crippen LogP contribution in [0.1, 0.15) is 17.5 Å². The number of amidine groups is 1. The van der Waals surface area contributed by atoms with Crippen molar-refractivity contribution >= 4 is 35.1 Å². The number of rotatable bonds is 0. The molecule has 1 fully saturated rings. The predicted octanol–water partition coefficient (Wildman–Crippen LogP) is 3.80. The van der Waals surface area contributed by atoms with E-state index < -0.39 is 0 Å². The zero-order valence-electron chi connectivity index (χ0n) is 12.6. The number of benzene rings is 1. The third-order valence-electron chi connectivity index (χ3n) is 4.38. The van der Waals surface area contributed by atoms with Gasteiger partial charge in [-0.1, -0.05) is 41.4 Å². The number of hydrogen-bond donors (Lipinski definition) is 1. The molecule has 0 radical (unpaired) electrons. The molecule has 1 aromatic carbocycles. The van der Waals surface area contributed by atoms with Gasteiger partial charge in [0.25, 0.3) is 0 Å². The maximum Gasteiger partial charge on any atom is 0.137 e. The van der Waals surface area contributed by atoms with Crippen LogP contribution in [0.5, 0.6) is 0 Å². The first-order valence-corrected chi connectivity index (χ1v) is 8.59. The van der Waals surface area contributed by atoms with E-state index in [0.29, 0.717) is 0 Å². The normalized spacial score (nSPS) is 20.5. The number of halogens is 2. The number of aliphatic imine (C=N–C) groups is 1. The molecule has 1 N–H and O–H groups in total. The number of allylic oxidation sites excluding steroid dienone is 4. The third kappa shape index (κ3) is 2.85. The summed E-state index contributed by atoms with van der Waals surface area (Å²) in [6, 6.07) is 6.03. The minimum atomic E-state index is 0.748. The first-order valence-electron chi connectivity index (χ1n) is 7.84. The minimum Gasteiger partial charge on any atom is -0.354 e. The Hall–Kier alpha value is -1.55. The van der Waals surface area contributed by atoms with Gasteiger partial charge in [-0.05, 0) is 30.2 Å². The highest BCUT2D eigenvalue weighted by Gasteiger charge is 2.24. The van der Waals surface area contributed by atoms with E-state index in [9.17, 15) is 0 Å². The van der Waals surface area contributed by atoms with E-state index in [0.717, 1.165) is 70.9 Å². The average molecular weight is 346 g/mol. The summed E-state index contributed by atoms with van der Waals surface area (Å²) in [6.45, 7) is 3.82. The van der Waals surface area contributed by atoms with E-state index in [4.69, 9.17) is 28.2 Å². The van der Waals surface area contributed by atoms with Gasteiger partial charge in [0.2, 0.25) is 0 Å². The van der Waals surface area contributed by atoms with Crippen molar-refractivity contribution in [1.82, 2.24) is 10.2 Å². The van der Waals surface area contributed by atoms with Crippen LogP contribution in [0, 0.1) is 0 Å². The van der Waals surface area contributed by atoms with Crippen molar-refractivity contribution in [2.45, 2.75) is 6.42 Å². The van der Waals surface area contributed by atoms with Crippen LogP contribution in [0.4, 0.5) is 0 Å². The zero-order valence-corrected chi connectivity index (χ0v) is 14.2. The van der Waals surface area contributed by atoms with Gasteiger partial charge >= 0.3 is 0 Å². The van der Waals surface area contributed by atoms with E-state index in [1.54, 1.807) is 0 Å². The molecule has 0 atom stereocenters. The first-order chi connectivity index (χ1) is 11.2. The number of nitrogens with zero attached hydrogens (tertiary/aromatic N) is 2. The summed E-state index contributed by atoms with van der Waals surface area (Å²) in [5.74, 6) is 0.993. The predicted molar refractivity (Wildman–Crippen MR) is 97.0 cm³/mol. The molecule has 2 aliphatic heterocycles. The van der Waals surface area contributed by atoms with Crippen molar-refractivity contribution < 1.29 is 0 Å². The summed E-state index contributed by atoms with van der Waals surface area (Å²) in [4.78, 5) is 7.31. The molecule has 1 aliphatic carbocycles. The Kier molecular flexibility index (Phi) is 4.02. The zero-order chi connectivity index (χ0) is 15.8. The topological polar surface area (TPSA) is 27.6 Å². The van der Waals surface area contributed by atoms with Crippen molar-refractivity contribution in [3.8, 4) is 0 Å². The van der Waals surface area contributed by atoms with E-state index in [1.807, 2.05) is 24.3 Å². The van der Waals surface area contributed by atoms with Crippen LogP contribution in [-0.4, -0.2) is 36.9 Å². The standard InChI is InChI=1S/C18H17Cl2N3/c19-13-5-4-12-10-15-14(2-1-3-16(15)20)18(22-17(12)11-13)23-8-6-21-7-9-23/h1-3,5,10-11,21H,4,6-9H2. The lowest BCUT2D eigenvalue weighted by molar-refractivity contribution is 0.358. The highest BCUT2D eigenvalue weighted by Crippen LogP contribution is 2.35. The van der Waals surface area contributed by atoms with E-state index in [-0.39, 0.29) is 0 Å². The van der Waals surface area contributed by atoms with Gasteiger partial charge in [-0.2, -0.15) is 0 Å². The Morgan fingerprint density at radius 1 is 1.09 bits per heavy atom. The molecule has 2 heterocycles. The van der Waals surface area contributed by atoms with Gasteiger partial charge in [0.1, 0.15) is 5.84 Å². The molecule has 23 heavy (non-hydrogen) atoms. The average Bonchev–Trinajstić information content (AvgIpc) is 2.73. The van der Waals surface area contributed by atoms with Crippen molar-refractivity contribution in [3.63, 3.8) is 0 Å². The van der Waals surface area contributed by atoms with Crippen molar-refractivity contribution in [2.75, 3.05) is 26.2 Å². The number of piperazine rings is 1. The van der Waals surface area contributed by atoms with Crippen molar-refractivity contribution in [2.24, 2.45) is 4.99 Å². The molecule has 5 heteroatoms. The smallest absolute Gasteiger partial charge is 0.137 e. The lowest BCUT2D eigenvalue weighted by Crippen LogP contribution is -2.46. The SMILES string of the molecule is ClC1=CCC2=Cc3c(Cl)cccc3C(N3CCNCC3)=NC2=C1. The number of nitrogens with one attached hydrogen (secondary N) is 1. The Balaban J connectivity index is 1.89. The van der Waals surface area contributed by atoms with Crippen LogP contribution >= 0.6 is 23.2 Å². The molecule has 0 unspecified atom stereocenters. The lowest BCUT2D eigenvalue weighted by Gasteiger charge is -2.31. The second kappa shape index (κ2) is 6.16. The van der Waals surface area contributed by atoms with Crippen LogP contribution in [0.15, 0.2) is 51.6 Å². The summed E-state index contributed by atoms with van der Waals surface area (Å²) >= 11 is 12.7. The Labute approximate surface area is 146 Å². The molecule has 118 valence electrons. The Morgan fingerprint density at radius 3 is 2.74 bits per heavy atom. The molecule has 1 aromatic rings. The molecular formula is C18H17Cl2N3. The van der Waals surface area contributed by atoms with Crippen LogP contribution in [-0.2, 0) is 0 Å². The second-order valence-electron chi connectivity index (χ2n) is 5.87. The quantitative estimate of drug-likeness (QED) is 0.774. The summed E-state index contributed by atoms with van der Waals surface area (Å²) in [6.07, 6.45) is 6.90. The summed E-state index contributed by atoms with van der Waals surface area (Å²) in [7, 11) is 0. The van der Waals surface area contributed by atoms with E-state index in [2.05, 4.69) is 22.4 Å². The van der Waals surface area contributed by atoms with Gasteiger partial charge < -0.3 is 10.2 Å². The van der Waals surface area contributed by atoms with E-state index >= 15 is 0 Å². The molecule has 3 nitrogen and oxygen atoms in total. The number of fused-ring (bicyclic) bond motifs is 2. The maximum atomic E-state index is 6.49.